The Morgan fingerprint density at radius 3 is 2.87 bits per heavy atom. The van der Waals surface area contributed by atoms with Crippen LogP contribution in [0.5, 0.6) is 0 Å². The maximum atomic E-state index is 12.2. The van der Waals surface area contributed by atoms with Crippen LogP contribution in [0.2, 0.25) is 0 Å². The summed E-state index contributed by atoms with van der Waals surface area (Å²) in [5.74, 6) is -0.304. The quantitative estimate of drug-likeness (QED) is 0.853. The standard InChI is InChI=1S/C16H23N3O4/c1-11-9-12(6-7-15(21)22)18-16(17-11)13-5-3-4-8-19(13)14(20)10-23-2/h9,13H,3-8,10H2,1-2H3,(H,21,22). The monoisotopic (exact) mass is 321 g/mol. The van der Waals surface area contributed by atoms with E-state index in [9.17, 15) is 9.59 Å². The van der Waals surface area contributed by atoms with Crippen molar-refractivity contribution in [1.82, 2.24) is 14.9 Å². The molecule has 0 saturated carbocycles. The lowest BCUT2D eigenvalue weighted by atomic mass is 10.0. The second-order valence-electron chi connectivity index (χ2n) is 5.78. The molecule has 1 aliphatic rings. The van der Waals surface area contributed by atoms with Gasteiger partial charge < -0.3 is 14.7 Å². The third-order valence-electron chi connectivity index (χ3n) is 3.91. The first-order chi connectivity index (χ1) is 11.0. The van der Waals surface area contributed by atoms with Gasteiger partial charge in [0.2, 0.25) is 5.91 Å². The minimum Gasteiger partial charge on any atom is -0.481 e. The normalized spacial score (nSPS) is 18.0. The van der Waals surface area contributed by atoms with E-state index >= 15 is 0 Å². The molecule has 7 nitrogen and oxygen atoms in total. The molecule has 0 bridgehead atoms. The number of methoxy groups -OCH3 is 1. The zero-order valence-electron chi connectivity index (χ0n) is 13.6. The molecule has 1 N–H and O–H groups in total. The smallest absolute Gasteiger partial charge is 0.303 e. The van der Waals surface area contributed by atoms with Crippen LogP contribution in [-0.4, -0.2) is 52.1 Å². The van der Waals surface area contributed by atoms with E-state index in [4.69, 9.17) is 9.84 Å². The molecule has 1 atom stereocenters. The van der Waals surface area contributed by atoms with Gasteiger partial charge in [-0.2, -0.15) is 0 Å². The van der Waals surface area contributed by atoms with E-state index in [1.54, 1.807) is 11.0 Å². The summed E-state index contributed by atoms with van der Waals surface area (Å²) in [5, 5.41) is 8.83. The largest absolute Gasteiger partial charge is 0.481 e. The van der Waals surface area contributed by atoms with E-state index in [1.807, 2.05) is 6.92 Å². The van der Waals surface area contributed by atoms with Crippen molar-refractivity contribution >= 4 is 11.9 Å². The lowest BCUT2D eigenvalue weighted by Crippen LogP contribution is -2.41. The molecule has 1 unspecified atom stereocenters. The molecule has 1 aliphatic heterocycles. The molecule has 2 rings (SSSR count). The lowest BCUT2D eigenvalue weighted by Gasteiger charge is -2.34. The van der Waals surface area contributed by atoms with Crippen molar-refractivity contribution in [3.63, 3.8) is 0 Å². The first-order valence-corrected chi connectivity index (χ1v) is 7.86. The predicted molar refractivity (Wildman–Crippen MR) is 82.9 cm³/mol. The zero-order valence-corrected chi connectivity index (χ0v) is 13.6. The van der Waals surface area contributed by atoms with Crippen LogP contribution in [0.4, 0.5) is 0 Å². The molecule has 0 aromatic carbocycles. The fourth-order valence-electron chi connectivity index (χ4n) is 2.88. The van der Waals surface area contributed by atoms with E-state index in [2.05, 4.69) is 9.97 Å². The maximum Gasteiger partial charge on any atom is 0.303 e. The lowest BCUT2D eigenvalue weighted by molar-refractivity contribution is -0.139. The fraction of sp³-hybridized carbons (Fsp3) is 0.625. The number of rotatable bonds is 6. The molecule has 126 valence electrons. The number of likely N-dealkylation sites (tertiary alicyclic amines) is 1. The number of aliphatic carboxylic acids is 1. The third-order valence-corrected chi connectivity index (χ3v) is 3.91. The van der Waals surface area contributed by atoms with Crippen LogP contribution in [0.15, 0.2) is 6.07 Å². The Labute approximate surface area is 135 Å². The number of piperidine rings is 1. The average Bonchev–Trinajstić information content (AvgIpc) is 2.52. The molecule has 1 fully saturated rings. The summed E-state index contributed by atoms with van der Waals surface area (Å²) < 4.78 is 4.96. The number of aryl methyl sites for hydroxylation is 2. The summed E-state index contributed by atoms with van der Waals surface area (Å²) in [7, 11) is 1.50. The van der Waals surface area contributed by atoms with Crippen molar-refractivity contribution < 1.29 is 19.4 Å². The van der Waals surface area contributed by atoms with Crippen LogP contribution in [0.1, 0.15) is 48.9 Å². The zero-order chi connectivity index (χ0) is 16.8. The number of amides is 1. The predicted octanol–water partition coefficient (Wildman–Crippen LogP) is 1.50. The van der Waals surface area contributed by atoms with E-state index in [0.717, 1.165) is 25.0 Å². The number of carboxylic acids is 1. The topological polar surface area (TPSA) is 92.6 Å². The Morgan fingerprint density at radius 1 is 1.39 bits per heavy atom. The number of ether oxygens (including phenoxy) is 1. The number of carbonyl (C=O) groups excluding carboxylic acids is 1. The van der Waals surface area contributed by atoms with E-state index in [0.29, 0.717) is 24.5 Å². The molecule has 1 aromatic rings. The first kappa shape index (κ1) is 17.3. The van der Waals surface area contributed by atoms with Gasteiger partial charge in [0.15, 0.2) is 5.82 Å². The highest BCUT2D eigenvalue weighted by Crippen LogP contribution is 2.29. The Balaban J connectivity index is 2.23. The Bertz CT molecular complexity index is 576. The molecule has 0 radical (unpaired) electrons. The van der Waals surface area contributed by atoms with Gasteiger partial charge in [0, 0.05) is 31.5 Å². The third kappa shape index (κ3) is 4.72. The van der Waals surface area contributed by atoms with Crippen molar-refractivity contribution in [2.24, 2.45) is 0 Å². The van der Waals surface area contributed by atoms with E-state index in [-0.39, 0.29) is 25.0 Å². The number of carboxylic acid groups (broad SMARTS) is 1. The van der Waals surface area contributed by atoms with Crippen molar-refractivity contribution in [2.45, 2.75) is 45.1 Å². The molecular weight excluding hydrogens is 298 g/mol. The maximum absolute atomic E-state index is 12.2. The van der Waals surface area contributed by atoms with Gasteiger partial charge in [0.05, 0.1) is 12.5 Å². The Morgan fingerprint density at radius 2 is 2.17 bits per heavy atom. The minimum atomic E-state index is -0.850. The molecule has 1 amide bonds. The van der Waals surface area contributed by atoms with Gasteiger partial charge in [-0.3, -0.25) is 9.59 Å². The van der Waals surface area contributed by atoms with Crippen LogP contribution >= 0.6 is 0 Å². The van der Waals surface area contributed by atoms with Gasteiger partial charge in [-0.15, -0.1) is 0 Å². The number of nitrogens with zero attached hydrogens (tertiary/aromatic N) is 3. The van der Waals surface area contributed by atoms with Gasteiger partial charge in [-0.1, -0.05) is 0 Å². The molecule has 7 heteroatoms. The number of carbonyl (C=O) groups is 2. The molecule has 2 heterocycles. The van der Waals surface area contributed by atoms with E-state index in [1.165, 1.54) is 7.11 Å². The van der Waals surface area contributed by atoms with Gasteiger partial charge >= 0.3 is 5.97 Å². The van der Waals surface area contributed by atoms with Crippen molar-refractivity contribution in [1.29, 1.82) is 0 Å². The summed E-state index contributed by atoms with van der Waals surface area (Å²) in [6, 6.07) is 1.64. The number of aromatic nitrogens is 2. The molecule has 23 heavy (non-hydrogen) atoms. The Hall–Kier alpha value is -2.02. The molecule has 0 spiro atoms. The van der Waals surface area contributed by atoms with Gasteiger partial charge in [-0.25, -0.2) is 9.97 Å². The SMILES string of the molecule is COCC(=O)N1CCCCC1c1nc(C)cc(CCC(=O)O)n1. The van der Waals surface area contributed by atoms with Gasteiger partial charge in [0.1, 0.15) is 6.61 Å². The molecular formula is C16H23N3O4. The van der Waals surface area contributed by atoms with Crippen LogP contribution < -0.4 is 0 Å². The van der Waals surface area contributed by atoms with Crippen LogP contribution in [-0.2, 0) is 20.7 Å². The summed E-state index contributed by atoms with van der Waals surface area (Å²) >= 11 is 0. The minimum absolute atomic E-state index is 0.0346. The summed E-state index contributed by atoms with van der Waals surface area (Å²) in [4.78, 5) is 33.8. The molecule has 1 aromatic heterocycles. The van der Waals surface area contributed by atoms with Crippen LogP contribution in [0.3, 0.4) is 0 Å². The molecule has 1 saturated heterocycles. The second kappa shape index (κ2) is 8.01. The number of hydrogen-bond acceptors (Lipinski definition) is 5. The number of hydrogen-bond donors (Lipinski definition) is 1. The highest BCUT2D eigenvalue weighted by atomic mass is 16.5. The highest BCUT2D eigenvalue weighted by molar-refractivity contribution is 5.78. The highest BCUT2D eigenvalue weighted by Gasteiger charge is 2.30. The Kier molecular flexibility index (Phi) is 6.04. The van der Waals surface area contributed by atoms with Crippen molar-refractivity contribution in [2.75, 3.05) is 20.3 Å². The fourth-order valence-corrected chi connectivity index (χ4v) is 2.88. The summed E-state index contributed by atoms with van der Waals surface area (Å²) in [6.45, 7) is 2.59. The van der Waals surface area contributed by atoms with Crippen LogP contribution in [0, 0.1) is 6.92 Å². The molecule has 0 aliphatic carbocycles. The summed E-state index contributed by atoms with van der Waals surface area (Å²) in [5.41, 5.74) is 1.50. The van der Waals surface area contributed by atoms with E-state index < -0.39 is 5.97 Å². The first-order valence-electron chi connectivity index (χ1n) is 7.86. The average molecular weight is 321 g/mol. The van der Waals surface area contributed by atoms with Gasteiger partial charge in [0.25, 0.3) is 0 Å². The summed E-state index contributed by atoms with van der Waals surface area (Å²) in [6.07, 6.45) is 3.20. The van der Waals surface area contributed by atoms with Crippen molar-refractivity contribution in [3.05, 3.63) is 23.3 Å². The van der Waals surface area contributed by atoms with Gasteiger partial charge in [-0.05, 0) is 32.3 Å². The van der Waals surface area contributed by atoms with Crippen LogP contribution in [0.25, 0.3) is 0 Å². The van der Waals surface area contributed by atoms with Crippen molar-refractivity contribution in [3.8, 4) is 0 Å². The second-order valence-corrected chi connectivity index (χ2v) is 5.78.